The number of likely N-dealkylation sites (N-methyl/N-ethyl adjacent to an activating group) is 1. The molecule has 0 spiro atoms. The number of benzene rings is 3. The van der Waals surface area contributed by atoms with E-state index in [0.29, 0.717) is 22.2 Å². The minimum atomic E-state index is -0.697. The maximum Gasteiger partial charge on any atom is 0.242 e. The molecule has 0 heterocycles. The molecule has 172 valence electrons. The van der Waals surface area contributed by atoms with Crippen LogP contribution in [-0.2, 0) is 29.0 Å². The van der Waals surface area contributed by atoms with E-state index < -0.39 is 6.04 Å². The third-order valence-corrected chi connectivity index (χ3v) is 6.11. The maximum absolute atomic E-state index is 13.5. The van der Waals surface area contributed by atoms with Gasteiger partial charge in [-0.1, -0.05) is 71.7 Å². The van der Waals surface area contributed by atoms with Crippen molar-refractivity contribution in [2.45, 2.75) is 25.4 Å². The Morgan fingerprint density at radius 1 is 0.909 bits per heavy atom. The molecule has 0 radical (unpaired) electrons. The highest BCUT2D eigenvalue weighted by atomic mass is 35.5. The van der Waals surface area contributed by atoms with Gasteiger partial charge in [-0.05, 0) is 41.0 Å². The van der Waals surface area contributed by atoms with Gasteiger partial charge in [-0.25, -0.2) is 0 Å². The molecule has 0 aromatic heterocycles. The molecule has 0 bridgehead atoms. The Kier molecular flexibility index (Phi) is 8.75. The Morgan fingerprint density at radius 2 is 1.58 bits per heavy atom. The molecule has 3 aromatic rings. The van der Waals surface area contributed by atoms with Crippen LogP contribution in [0.5, 0.6) is 5.75 Å². The van der Waals surface area contributed by atoms with Crippen molar-refractivity contribution >= 4 is 35.0 Å². The second-order valence-corrected chi connectivity index (χ2v) is 8.43. The van der Waals surface area contributed by atoms with E-state index in [4.69, 9.17) is 27.9 Å². The second kappa shape index (κ2) is 11.7. The van der Waals surface area contributed by atoms with Gasteiger partial charge >= 0.3 is 0 Å². The van der Waals surface area contributed by atoms with E-state index in [-0.39, 0.29) is 24.8 Å². The van der Waals surface area contributed by atoms with Crippen molar-refractivity contribution in [3.63, 3.8) is 0 Å². The van der Waals surface area contributed by atoms with E-state index in [0.717, 1.165) is 16.7 Å². The smallest absolute Gasteiger partial charge is 0.242 e. The van der Waals surface area contributed by atoms with Crippen molar-refractivity contribution in [3.05, 3.63) is 99.5 Å². The lowest BCUT2D eigenvalue weighted by molar-refractivity contribution is -0.140. The van der Waals surface area contributed by atoms with E-state index in [9.17, 15) is 9.59 Å². The van der Waals surface area contributed by atoms with Gasteiger partial charge in [0.15, 0.2) is 0 Å². The SMILES string of the molecule is CNC(=O)C(Cc1ccccc1)N(Cc1ccc(Cl)c(Cl)c1)C(=O)Cc1ccc(OC)cc1. The summed E-state index contributed by atoms with van der Waals surface area (Å²) in [5.41, 5.74) is 2.58. The first kappa shape index (κ1) is 24.6. The van der Waals surface area contributed by atoms with Crippen molar-refractivity contribution in [2.24, 2.45) is 0 Å². The standard InChI is InChI=1S/C26H26Cl2N2O3/c1-29-26(32)24(15-18-6-4-3-5-7-18)30(17-20-10-13-22(27)23(28)14-20)25(31)16-19-8-11-21(33-2)12-9-19/h3-14,24H,15-17H2,1-2H3,(H,29,32). The molecular weight excluding hydrogens is 459 g/mol. The molecule has 33 heavy (non-hydrogen) atoms. The lowest BCUT2D eigenvalue weighted by Gasteiger charge is -2.31. The third-order valence-electron chi connectivity index (χ3n) is 5.37. The third kappa shape index (κ3) is 6.73. The van der Waals surface area contributed by atoms with Crippen LogP contribution in [0.2, 0.25) is 10.0 Å². The molecule has 3 rings (SSSR count). The van der Waals surface area contributed by atoms with E-state index in [1.54, 1.807) is 31.2 Å². The van der Waals surface area contributed by atoms with Crippen LogP contribution in [0, 0.1) is 0 Å². The van der Waals surface area contributed by atoms with Gasteiger partial charge in [0.2, 0.25) is 11.8 Å². The van der Waals surface area contributed by atoms with E-state index in [1.165, 1.54) is 0 Å². The summed E-state index contributed by atoms with van der Waals surface area (Å²) in [6, 6.07) is 21.5. The van der Waals surface area contributed by atoms with Gasteiger partial charge in [0.05, 0.1) is 23.6 Å². The molecule has 0 fully saturated rings. The summed E-state index contributed by atoms with van der Waals surface area (Å²) in [6.07, 6.45) is 0.532. The Morgan fingerprint density at radius 3 is 2.18 bits per heavy atom. The molecule has 1 atom stereocenters. The molecule has 1 unspecified atom stereocenters. The van der Waals surface area contributed by atoms with Crippen LogP contribution in [0.4, 0.5) is 0 Å². The number of halogens is 2. The van der Waals surface area contributed by atoms with Crippen molar-refractivity contribution < 1.29 is 14.3 Å². The molecule has 0 saturated carbocycles. The Bertz CT molecular complexity index is 1090. The first-order chi connectivity index (χ1) is 15.9. The minimum Gasteiger partial charge on any atom is -0.497 e. The van der Waals surface area contributed by atoms with Crippen LogP contribution in [0.15, 0.2) is 72.8 Å². The zero-order chi connectivity index (χ0) is 23.8. The highest BCUT2D eigenvalue weighted by Crippen LogP contribution is 2.25. The van der Waals surface area contributed by atoms with Crippen molar-refractivity contribution in [2.75, 3.05) is 14.2 Å². The summed E-state index contributed by atoms with van der Waals surface area (Å²) >= 11 is 12.3. The van der Waals surface area contributed by atoms with E-state index in [2.05, 4.69) is 5.32 Å². The van der Waals surface area contributed by atoms with Gasteiger partial charge in [-0.15, -0.1) is 0 Å². The first-order valence-electron chi connectivity index (χ1n) is 10.5. The van der Waals surface area contributed by atoms with Gasteiger partial charge in [-0.2, -0.15) is 0 Å². The average molecular weight is 485 g/mol. The molecule has 1 N–H and O–H groups in total. The lowest BCUT2D eigenvalue weighted by Crippen LogP contribution is -2.50. The van der Waals surface area contributed by atoms with Crippen molar-refractivity contribution in [3.8, 4) is 5.75 Å². The Labute approximate surface area is 204 Å². The molecular formula is C26H26Cl2N2O3. The monoisotopic (exact) mass is 484 g/mol. The second-order valence-electron chi connectivity index (χ2n) is 7.61. The van der Waals surface area contributed by atoms with Crippen LogP contribution in [0.3, 0.4) is 0 Å². The first-order valence-corrected chi connectivity index (χ1v) is 11.3. The molecule has 0 saturated heterocycles. The molecule has 0 aliphatic carbocycles. The Hall–Kier alpha value is -3.02. The predicted octanol–water partition coefficient (Wildman–Crippen LogP) is 4.93. The van der Waals surface area contributed by atoms with Gasteiger partial charge in [0.25, 0.3) is 0 Å². The van der Waals surface area contributed by atoms with Crippen LogP contribution in [0.25, 0.3) is 0 Å². The molecule has 5 nitrogen and oxygen atoms in total. The predicted molar refractivity (Wildman–Crippen MR) is 132 cm³/mol. The minimum absolute atomic E-state index is 0.146. The number of carbonyl (C=O) groups is 2. The number of carbonyl (C=O) groups excluding carboxylic acids is 2. The van der Waals surface area contributed by atoms with Gasteiger partial charge < -0.3 is 15.0 Å². The van der Waals surface area contributed by atoms with Crippen LogP contribution in [-0.4, -0.2) is 36.9 Å². The molecule has 3 aromatic carbocycles. The average Bonchev–Trinajstić information content (AvgIpc) is 2.84. The zero-order valence-corrected chi connectivity index (χ0v) is 20.1. The highest BCUT2D eigenvalue weighted by molar-refractivity contribution is 6.42. The van der Waals surface area contributed by atoms with Crippen molar-refractivity contribution in [1.29, 1.82) is 0 Å². The zero-order valence-electron chi connectivity index (χ0n) is 18.6. The fourth-order valence-electron chi connectivity index (χ4n) is 3.57. The van der Waals surface area contributed by atoms with Crippen LogP contribution >= 0.6 is 23.2 Å². The summed E-state index contributed by atoms with van der Waals surface area (Å²) in [5.74, 6) is 0.309. The number of methoxy groups -OCH3 is 1. The molecule has 0 aliphatic heterocycles. The Balaban J connectivity index is 1.93. The highest BCUT2D eigenvalue weighted by Gasteiger charge is 2.30. The topological polar surface area (TPSA) is 58.6 Å². The number of rotatable bonds is 9. The maximum atomic E-state index is 13.5. The van der Waals surface area contributed by atoms with E-state index in [1.807, 2.05) is 60.7 Å². The number of nitrogens with one attached hydrogen (secondary N) is 1. The van der Waals surface area contributed by atoms with Crippen molar-refractivity contribution in [1.82, 2.24) is 10.2 Å². The summed E-state index contributed by atoms with van der Waals surface area (Å²) in [6.45, 7) is 0.219. The number of hydrogen-bond acceptors (Lipinski definition) is 3. The number of ether oxygens (including phenoxy) is 1. The molecule has 2 amide bonds. The van der Waals surface area contributed by atoms with Crippen LogP contribution in [0.1, 0.15) is 16.7 Å². The number of amides is 2. The fourth-order valence-corrected chi connectivity index (χ4v) is 3.90. The van der Waals surface area contributed by atoms with Gasteiger partial charge in [0, 0.05) is 20.0 Å². The summed E-state index contributed by atoms with van der Waals surface area (Å²) in [4.78, 5) is 28.1. The summed E-state index contributed by atoms with van der Waals surface area (Å²) < 4.78 is 5.20. The van der Waals surface area contributed by atoms with Gasteiger partial charge in [-0.3, -0.25) is 9.59 Å². The molecule has 7 heteroatoms. The quantitative estimate of drug-likeness (QED) is 0.468. The number of nitrogens with zero attached hydrogens (tertiary/aromatic N) is 1. The summed E-state index contributed by atoms with van der Waals surface area (Å²) in [7, 11) is 3.17. The largest absolute Gasteiger partial charge is 0.497 e. The molecule has 0 aliphatic rings. The lowest BCUT2D eigenvalue weighted by atomic mass is 10.0. The van der Waals surface area contributed by atoms with Gasteiger partial charge in [0.1, 0.15) is 11.8 Å². The number of hydrogen-bond donors (Lipinski definition) is 1. The van der Waals surface area contributed by atoms with E-state index >= 15 is 0 Å². The normalized spacial score (nSPS) is 11.5. The summed E-state index contributed by atoms with van der Waals surface area (Å²) in [5, 5.41) is 3.54. The fraction of sp³-hybridized carbons (Fsp3) is 0.231. The van der Waals surface area contributed by atoms with Crippen LogP contribution < -0.4 is 10.1 Å².